The van der Waals surface area contributed by atoms with E-state index in [0.29, 0.717) is 16.7 Å². The van der Waals surface area contributed by atoms with Gasteiger partial charge in [0, 0.05) is 21.2 Å². The first-order chi connectivity index (χ1) is 13.0. The molecular weight excluding hydrogens is 379 g/mol. The molecule has 0 amide bonds. The van der Waals surface area contributed by atoms with Crippen molar-refractivity contribution in [3.05, 3.63) is 93.0 Å². The first-order valence-corrected chi connectivity index (χ1v) is 9.30. The normalized spacial score (nSPS) is 11.0. The van der Waals surface area contributed by atoms with Gasteiger partial charge in [-0.1, -0.05) is 47.5 Å². The maximum Gasteiger partial charge on any atom is 0.128 e. The maximum absolute atomic E-state index is 6.21. The Labute approximate surface area is 169 Å². The molecule has 0 unspecified atom stereocenters. The standard InChI is InChI=1S/C22H20Cl2N2O/c1-15-7-10-20(11-16(15)2)26-25-13-17-5-3-4-6-22(17)27-14-18-8-9-19(23)12-21(18)24/h3-13,26H,14H2,1-2H3. The molecule has 0 aliphatic carbocycles. The third-order valence-electron chi connectivity index (χ3n) is 4.22. The lowest BCUT2D eigenvalue weighted by Crippen LogP contribution is -2.00. The Bertz CT molecular complexity index is 970. The van der Waals surface area contributed by atoms with E-state index in [1.807, 2.05) is 36.4 Å². The number of halogens is 2. The molecule has 5 heteroatoms. The minimum absolute atomic E-state index is 0.353. The van der Waals surface area contributed by atoms with E-state index in [-0.39, 0.29) is 0 Å². The molecule has 3 aromatic carbocycles. The molecule has 0 bridgehead atoms. The largest absolute Gasteiger partial charge is 0.488 e. The van der Waals surface area contributed by atoms with Crippen LogP contribution >= 0.6 is 23.2 Å². The zero-order valence-corrected chi connectivity index (χ0v) is 16.7. The Morgan fingerprint density at radius 2 is 1.78 bits per heavy atom. The molecule has 0 aliphatic rings. The van der Waals surface area contributed by atoms with Crippen LogP contribution in [0.5, 0.6) is 5.75 Å². The Morgan fingerprint density at radius 1 is 0.963 bits per heavy atom. The van der Waals surface area contributed by atoms with Crippen molar-refractivity contribution in [2.75, 3.05) is 5.43 Å². The number of hydrogen-bond donors (Lipinski definition) is 1. The highest BCUT2D eigenvalue weighted by Gasteiger charge is 2.05. The molecule has 138 valence electrons. The predicted molar refractivity (Wildman–Crippen MR) is 114 cm³/mol. The van der Waals surface area contributed by atoms with Gasteiger partial charge in [0.05, 0.1) is 11.9 Å². The third kappa shape index (κ3) is 5.25. The second-order valence-electron chi connectivity index (χ2n) is 6.23. The smallest absolute Gasteiger partial charge is 0.128 e. The summed E-state index contributed by atoms with van der Waals surface area (Å²) in [6.45, 7) is 4.52. The van der Waals surface area contributed by atoms with Gasteiger partial charge in [-0.3, -0.25) is 5.43 Å². The van der Waals surface area contributed by atoms with Gasteiger partial charge in [-0.05, 0) is 61.4 Å². The van der Waals surface area contributed by atoms with Crippen LogP contribution in [-0.4, -0.2) is 6.21 Å². The second kappa shape index (κ2) is 8.94. The molecule has 0 heterocycles. The Hall–Kier alpha value is -2.49. The van der Waals surface area contributed by atoms with Crippen molar-refractivity contribution in [1.29, 1.82) is 0 Å². The average Bonchev–Trinajstić information content (AvgIpc) is 2.65. The molecule has 0 saturated heterocycles. The van der Waals surface area contributed by atoms with E-state index in [9.17, 15) is 0 Å². The topological polar surface area (TPSA) is 33.6 Å². The van der Waals surface area contributed by atoms with E-state index in [1.165, 1.54) is 11.1 Å². The van der Waals surface area contributed by atoms with Crippen LogP contribution in [0.3, 0.4) is 0 Å². The fourth-order valence-corrected chi connectivity index (χ4v) is 2.96. The van der Waals surface area contributed by atoms with Crippen molar-refractivity contribution >= 4 is 35.1 Å². The second-order valence-corrected chi connectivity index (χ2v) is 7.07. The van der Waals surface area contributed by atoms with Gasteiger partial charge in [-0.2, -0.15) is 5.10 Å². The molecule has 0 aliphatic heterocycles. The van der Waals surface area contributed by atoms with Crippen LogP contribution in [0.15, 0.2) is 65.8 Å². The summed E-state index contributed by atoms with van der Waals surface area (Å²) < 4.78 is 5.93. The first-order valence-electron chi connectivity index (χ1n) is 8.55. The van der Waals surface area contributed by atoms with Crippen molar-refractivity contribution in [2.45, 2.75) is 20.5 Å². The monoisotopic (exact) mass is 398 g/mol. The molecule has 0 fully saturated rings. The van der Waals surface area contributed by atoms with Gasteiger partial charge >= 0.3 is 0 Å². The lowest BCUT2D eigenvalue weighted by molar-refractivity contribution is 0.306. The Balaban J connectivity index is 1.68. The molecule has 0 radical (unpaired) electrons. The highest BCUT2D eigenvalue weighted by molar-refractivity contribution is 6.35. The van der Waals surface area contributed by atoms with Crippen molar-refractivity contribution in [1.82, 2.24) is 0 Å². The molecule has 0 saturated carbocycles. The molecule has 3 nitrogen and oxygen atoms in total. The number of para-hydroxylation sites is 1. The summed E-state index contributed by atoms with van der Waals surface area (Å²) in [5.41, 5.74) is 8.23. The molecule has 27 heavy (non-hydrogen) atoms. The Morgan fingerprint density at radius 3 is 2.56 bits per heavy atom. The van der Waals surface area contributed by atoms with Crippen LogP contribution in [0.25, 0.3) is 0 Å². The summed E-state index contributed by atoms with van der Waals surface area (Å²) in [5.74, 6) is 0.731. The Kier molecular flexibility index (Phi) is 6.38. The van der Waals surface area contributed by atoms with Gasteiger partial charge in [0.15, 0.2) is 0 Å². The number of nitrogens with zero attached hydrogens (tertiary/aromatic N) is 1. The summed E-state index contributed by atoms with van der Waals surface area (Å²) in [7, 11) is 0. The minimum atomic E-state index is 0.353. The third-order valence-corrected chi connectivity index (χ3v) is 4.81. The highest BCUT2D eigenvalue weighted by atomic mass is 35.5. The number of hydrogen-bond acceptors (Lipinski definition) is 3. The summed E-state index contributed by atoms with van der Waals surface area (Å²) in [6.07, 6.45) is 1.74. The molecule has 0 atom stereocenters. The predicted octanol–water partition coefficient (Wildman–Crippen LogP) is 6.64. The number of nitrogens with one attached hydrogen (secondary N) is 1. The van der Waals surface area contributed by atoms with E-state index < -0.39 is 0 Å². The van der Waals surface area contributed by atoms with Gasteiger partial charge in [-0.15, -0.1) is 0 Å². The molecule has 0 aromatic heterocycles. The van der Waals surface area contributed by atoms with Gasteiger partial charge in [-0.25, -0.2) is 0 Å². The summed E-state index contributed by atoms with van der Waals surface area (Å²) in [6, 6.07) is 19.2. The number of anilines is 1. The molecule has 3 rings (SSSR count). The summed E-state index contributed by atoms with van der Waals surface area (Å²) in [4.78, 5) is 0. The van der Waals surface area contributed by atoms with Crippen molar-refractivity contribution in [3.63, 3.8) is 0 Å². The summed E-state index contributed by atoms with van der Waals surface area (Å²) >= 11 is 12.1. The van der Waals surface area contributed by atoms with Crippen LogP contribution in [-0.2, 0) is 6.61 Å². The van der Waals surface area contributed by atoms with E-state index >= 15 is 0 Å². The van der Waals surface area contributed by atoms with Gasteiger partial charge < -0.3 is 4.74 Å². The number of aryl methyl sites for hydroxylation is 2. The van der Waals surface area contributed by atoms with E-state index in [4.69, 9.17) is 27.9 Å². The number of rotatable bonds is 6. The zero-order chi connectivity index (χ0) is 19.2. The number of benzene rings is 3. The molecule has 3 aromatic rings. The SMILES string of the molecule is Cc1ccc(NN=Cc2ccccc2OCc2ccc(Cl)cc2Cl)cc1C. The van der Waals surface area contributed by atoms with Gasteiger partial charge in [0.25, 0.3) is 0 Å². The van der Waals surface area contributed by atoms with E-state index in [0.717, 1.165) is 22.6 Å². The van der Waals surface area contributed by atoms with Crippen molar-refractivity contribution < 1.29 is 4.74 Å². The number of ether oxygens (including phenoxy) is 1. The van der Waals surface area contributed by atoms with Gasteiger partial charge in [0.1, 0.15) is 12.4 Å². The summed E-state index contributed by atoms with van der Waals surface area (Å²) in [5, 5.41) is 5.52. The molecular formula is C22H20Cl2N2O. The molecule has 1 N–H and O–H groups in total. The van der Waals surface area contributed by atoms with E-state index in [1.54, 1.807) is 18.3 Å². The van der Waals surface area contributed by atoms with Crippen LogP contribution < -0.4 is 10.2 Å². The number of hydrazone groups is 1. The van der Waals surface area contributed by atoms with Gasteiger partial charge in [0.2, 0.25) is 0 Å². The zero-order valence-electron chi connectivity index (χ0n) is 15.2. The highest BCUT2D eigenvalue weighted by Crippen LogP contribution is 2.24. The van der Waals surface area contributed by atoms with Crippen LogP contribution in [0.1, 0.15) is 22.3 Å². The maximum atomic E-state index is 6.21. The van der Waals surface area contributed by atoms with Crippen molar-refractivity contribution in [2.24, 2.45) is 5.10 Å². The fraction of sp³-hybridized carbons (Fsp3) is 0.136. The average molecular weight is 399 g/mol. The lowest BCUT2D eigenvalue weighted by atomic mass is 10.1. The van der Waals surface area contributed by atoms with E-state index in [2.05, 4.69) is 36.5 Å². The lowest BCUT2D eigenvalue weighted by Gasteiger charge is -2.10. The quantitative estimate of drug-likeness (QED) is 0.373. The van der Waals surface area contributed by atoms with Crippen molar-refractivity contribution in [3.8, 4) is 5.75 Å². The minimum Gasteiger partial charge on any atom is -0.488 e. The van der Waals surface area contributed by atoms with Crippen LogP contribution in [0, 0.1) is 13.8 Å². The first kappa shape index (κ1) is 19.3. The van der Waals surface area contributed by atoms with Crippen LogP contribution in [0.2, 0.25) is 10.0 Å². The fourth-order valence-electron chi connectivity index (χ4n) is 2.50. The van der Waals surface area contributed by atoms with Crippen LogP contribution in [0.4, 0.5) is 5.69 Å². The molecule has 0 spiro atoms.